The molecule has 0 fully saturated rings. The van der Waals surface area contributed by atoms with Gasteiger partial charge in [-0.1, -0.05) is 111 Å². The molecule has 0 bridgehead atoms. The van der Waals surface area contributed by atoms with Gasteiger partial charge in [0.05, 0.1) is 0 Å². The molecule has 1 heterocycles. The van der Waals surface area contributed by atoms with Gasteiger partial charge >= 0.3 is 0 Å². The molecule has 0 aliphatic carbocycles. The van der Waals surface area contributed by atoms with Crippen LogP contribution in [0.25, 0.3) is 32.3 Å². The van der Waals surface area contributed by atoms with Crippen LogP contribution in [0.15, 0.2) is 109 Å². The lowest BCUT2D eigenvalue weighted by molar-refractivity contribution is 0.667. The van der Waals surface area contributed by atoms with Crippen LogP contribution in [0.4, 0.5) is 0 Å². The van der Waals surface area contributed by atoms with E-state index >= 15 is 0 Å². The molecule has 6 aromatic rings. The Balaban J connectivity index is 1.39. The third-order valence-electron chi connectivity index (χ3n) is 7.47. The fourth-order valence-electron chi connectivity index (χ4n) is 5.52. The van der Waals surface area contributed by atoms with Crippen molar-refractivity contribution in [2.45, 2.75) is 44.9 Å². The number of aryl methyl sites for hydroxylation is 1. The zero-order valence-electron chi connectivity index (χ0n) is 20.9. The highest BCUT2D eigenvalue weighted by Crippen LogP contribution is 2.37. The summed E-state index contributed by atoms with van der Waals surface area (Å²) in [6.45, 7) is 2.27. The fourth-order valence-corrected chi connectivity index (χ4v) is 6.40. The molecule has 0 aliphatic heterocycles. The van der Waals surface area contributed by atoms with Gasteiger partial charge in [-0.15, -0.1) is 11.3 Å². The lowest BCUT2D eigenvalue weighted by Crippen LogP contribution is -2.01. The van der Waals surface area contributed by atoms with Gasteiger partial charge < -0.3 is 0 Å². The number of fused-ring (bicyclic) bond motifs is 3. The molecule has 1 unspecified atom stereocenters. The van der Waals surface area contributed by atoms with Crippen LogP contribution in [0, 0.1) is 0 Å². The van der Waals surface area contributed by atoms with Crippen LogP contribution < -0.4 is 0 Å². The van der Waals surface area contributed by atoms with E-state index in [0.29, 0.717) is 0 Å². The van der Waals surface area contributed by atoms with Crippen molar-refractivity contribution in [1.29, 1.82) is 0 Å². The Morgan fingerprint density at radius 2 is 1.22 bits per heavy atom. The summed E-state index contributed by atoms with van der Waals surface area (Å²) in [5.74, 6) is 0.236. The third kappa shape index (κ3) is 4.68. The second-order valence-electron chi connectivity index (χ2n) is 10.0. The summed E-state index contributed by atoms with van der Waals surface area (Å²) in [6.07, 6.45) is 6.43. The maximum absolute atomic E-state index is 2.41. The average molecular weight is 485 g/mol. The van der Waals surface area contributed by atoms with Gasteiger partial charge in [-0.25, -0.2) is 0 Å². The lowest BCUT2D eigenvalue weighted by Gasteiger charge is -2.18. The van der Waals surface area contributed by atoms with Crippen LogP contribution in [-0.2, 0) is 6.42 Å². The van der Waals surface area contributed by atoms with Crippen molar-refractivity contribution in [2.75, 3.05) is 0 Å². The van der Waals surface area contributed by atoms with Gasteiger partial charge in [-0.2, -0.15) is 0 Å². The first-order valence-corrected chi connectivity index (χ1v) is 14.1. The number of unbranched alkanes of at least 4 members (excludes halogenated alkanes) is 3. The summed E-state index contributed by atoms with van der Waals surface area (Å²) in [5, 5.41) is 10.1. The third-order valence-corrected chi connectivity index (χ3v) is 8.41. The Bertz CT molecular complexity index is 1620. The van der Waals surface area contributed by atoms with E-state index in [-0.39, 0.29) is 5.92 Å². The molecular formula is C35H32S. The molecular weight excluding hydrogens is 452 g/mol. The molecule has 0 radical (unpaired) electrons. The van der Waals surface area contributed by atoms with E-state index in [4.69, 9.17) is 0 Å². The first-order chi connectivity index (χ1) is 17.8. The van der Waals surface area contributed by atoms with Gasteiger partial charge in [0.15, 0.2) is 0 Å². The van der Waals surface area contributed by atoms with Gasteiger partial charge in [0.2, 0.25) is 0 Å². The summed E-state index contributed by atoms with van der Waals surface area (Å²) in [5.41, 5.74) is 4.17. The van der Waals surface area contributed by atoms with Crippen molar-refractivity contribution in [3.05, 3.63) is 130 Å². The minimum Gasteiger partial charge on any atom is -0.148 e. The number of hydrogen-bond acceptors (Lipinski definition) is 1. The zero-order valence-corrected chi connectivity index (χ0v) is 21.7. The fraction of sp³-hybridized carbons (Fsp3) is 0.200. The summed E-state index contributed by atoms with van der Waals surface area (Å²) < 4.78 is 0. The Labute approximate surface area is 218 Å². The largest absolute Gasteiger partial charge is 0.148 e. The molecule has 0 N–H and O–H groups in total. The van der Waals surface area contributed by atoms with E-state index in [1.165, 1.54) is 86.0 Å². The molecule has 0 aliphatic rings. The summed E-state index contributed by atoms with van der Waals surface area (Å²) in [6, 6.07) is 38.9. The number of benzene rings is 5. The second kappa shape index (κ2) is 10.3. The van der Waals surface area contributed by atoms with E-state index in [2.05, 4.69) is 115 Å². The molecule has 0 nitrogen and oxygen atoms in total. The summed E-state index contributed by atoms with van der Waals surface area (Å²) >= 11 is 1.84. The van der Waals surface area contributed by atoms with Crippen LogP contribution in [0.5, 0.6) is 0 Å². The number of thiophene rings is 1. The van der Waals surface area contributed by atoms with Gasteiger partial charge in [-0.05, 0) is 85.4 Å². The maximum Gasteiger partial charge on any atom is 0.0434 e. The monoisotopic (exact) mass is 484 g/mol. The first-order valence-electron chi connectivity index (χ1n) is 13.3. The molecule has 1 atom stereocenters. The van der Waals surface area contributed by atoms with Gasteiger partial charge in [0, 0.05) is 10.8 Å². The molecule has 0 amide bonds. The quantitative estimate of drug-likeness (QED) is 0.149. The lowest BCUT2D eigenvalue weighted by atomic mass is 9.87. The van der Waals surface area contributed by atoms with Crippen molar-refractivity contribution in [3.8, 4) is 0 Å². The van der Waals surface area contributed by atoms with Crippen LogP contribution in [0.2, 0.25) is 0 Å². The van der Waals surface area contributed by atoms with Gasteiger partial charge in [-0.3, -0.25) is 0 Å². The predicted molar refractivity (Wildman–Crippen MR) is 159 cm³/mol. The molecule has 0 spiro atoms. The van der Waals surface area contributed by atoms with Crippen LogP contribution in [-0.4, -0.2) is 0 Å². The highest BCUT2D eigenvalue weighted by molar-refractivity contribution is 7.10. The average Bonchev–Trinajstić information content (AvgIpc) is 3.44. The van der Waals surface area contributed by atoms with Crippen molar-refractivity contribution in [2.24, 2.45) is 0 Å². The molecule has 178 valence electrons. The standard InChI is InChI=1S/C35H32S/c1-2-3-4-5-9-25-13-14-28-23-33-24-31(18-16-29(33)22-32(28)20-25)35(34-12-8-19-36-34)30-17-15-26-10-6-7-11-27(26)21-30/h6-8,10-24,35H,2-5,9H2,1H3. The molecule has 6 rings (SSSR count). The SMILES string of the molecule is CCCCCCc1ccc2cc3cc(C(c4ccc5ccccc5c4)c4cccs4)ccc3cc2c1. The molecule has 0 saturated heterocycles. The first kappa shape index (κ1) is 23.0. The van der Waals surface area contributed by atoms with Crippen molar-refractivity contribution in [1.82, 2.24) is 0 Å². The normalized spacial score (nSPS) is 12.5. The topological polar surface area (TPSA) is 0 Å². The van der Waals surface area contributed by atoms with Crippen LogP contribution in [0.3, 0.4) is 0 Å². The van der Waals surface area contributed by atoms with Crippen LogP contribution in [0.1, 0.15) is 60.1 Å². The predicted octanol–water partition coefficient (Wildman–Crippen LogP) is 10.5. The molecule has 1 heteroatoms. The Kier molecular flexibility index (Phi) is 6.57. The highest BCUT2D eigenvalue weighted by Gasteiger charge is 2.19. The Hall–Kier alpha value is -3.42. The van der Waals surface area contributed by atoms with Gasteiger partial charge in [0.1, 0.15) is 0 Å². The van der Waals surface area contributed by atoms with Gasteiger partial charge in [0.25, 0.3) is 0 Å². The van der Waals surface area contributed by atoms with Crippen molar-refractivity contribution < 1.29 is 0 Å². The molecule has 5 aromatic carbocycles. The Morgan fingerprint density at radius 3 is 1.97 bits per heavy atom. The second-order valence-corrected chi connectivity index (χ2v) is 11.0. The van der Waals surface area contributed by atoms with Crippen LogP contribution >= 0.6 is 11.3 Å². The summed E-state index contributed by atoms with van der Waals surface area (Å²) in [7, 11) is 0. The van der Waals surface area contributed by atoms with Crippen molar-refractivity contribution in [3.63, 3.8) is 0 Å². The zero-order chi connectivity index (χ0) is 24.3. The molecule has 0 saturated carbocycles. The number of rotatable bonds is 8. The number of hydrogen-bond donors (Lipinski definition) is 0. The maximum atomic E-state index is 2.41. The van der Waals surface area contributed by atoms with E-state index in [1.807, 2.05) is 11.3 Å². The minimum absolute atomic E-state index is 0.236. The molecule has 1 aromatic heterocycles. The van der Waals surface area contributed by atoms with E-state index in [9.17, 15) is 0 Å². The summed E-state index contributed by atoms with van der Waals surface area (Å²) in [4.78, 5) is 1.39. The molecule has 36 heavy (non-hydrogen) atoms. The highest BCUT2D eigenvalue weighted by atomic mass is 32.1. The smallest absolute Gasteiger partial charge is 0.0434 e. The van der Waals surface area contributed by atoms with E-state index in [1.54, 1.807) is 0 Å². The van der Waals surface area contributed by atoms with E-state index < -0.39 is 0 Å². The minimum atomic E-state index is 0.236. The Morgan fingerprint density at radius 1 is 0.556 bits per heavy atom. The van der Waals surface area contributed by atoms with Crippen molar-refractivity contribution >= 4 is 43.7 Å². The van der Waals surface area contributed by atoms with E-state index in [0.717, 1.165) is 0 Å².